The molecule has 14 heavy (non-hydrogen) atoms. The van der Waals surface area contributed by atoms with E-state index in [-0.39, 0.29) is 17.4 Å². The normalized spacial score (nSPS) is 40.0. The molecule has 2 aliphatic rings. The zero-order valence-electron chi connectivity index (χ0n) is 7.85. The summed E-state index contributed by atoms with van der Waals surface area (Å²) >= 11 is 0. The fourth-order valence-corrected chi connectivity index (χ4v) is 8.27. The first-order chi connectivity index (χ1) is 6.43. The van der Waals surface area contributed by atoms with E-state index in [1.807, 2.05) is 0 Å². The minimum atomic E-state index is -3.39. The molecular formula is C8H14O4S2. The van der Waals surface area contributed by atoms with E-state index >= 15 is 0 Å². The minimum absolute atomic E-state index is 0.0490. The van der Waals surface area contributed by atoms with Gasteiger partial charge in [0.2, 0.25) is 0 Å². The van der Waals surface area contributed by atoms with Crippen molar-refractivity contribution in [2.75, 3.05) is 11.5 Å². The average molecular weight is 238 g/mol. The van der Waals surface area contributed by atoms with Gasteiger partial charge in [-0.05, 0) is 25.2 Å². The van der Waals surface area contributed by atoms with Crippen molar-refractivity contribution >= 4 is 19.7 Å². The van der Waals surface area contributed by atoms with Crippen LogP contribution in [0.2, 0.25) is 0 Å². The summed E-state index contributed by atoms with van der Waals surface area (Å²) in [7, 11) is -6.76. The van der Waals surface area contributed by atoms with Gasteiger partial charge in [-0.1, -0.05) is 6.42 Å². The van der Waals surface area contributed by atoms with Crippen molar-refractivity contribution in [1.82, 2.24) is 0 Å². The van der Waals surface area contributed by atoms with Crippen molar-refractivity contribution in [3.63, 3.8) is 0 Å². The van der Waals surface area contributed by atoms with Crippen molar-refractivity contribution in [3.8, 4) is 0 Å². The highest BCUT2D eigenvalue weighted by Crippen LogP contribution is 2.37. The predicted octanol–water partition coefficient (Wildman–Crippen LogP) is 0.346. The van der Waals surface area contributed by atoms with Gasteiger partial charge in [0.15, 0.2) is 24.3 Å². The third kappa shape index (κ3) is 1.58. The molecule has 2 unspecified atom stereocenters. The molecule has 0 bridgehead atoms. The van der Waals surface area contributed by atoms with Crippen molar-refractivity contribution in [2.24, 2.45) is 5.92 Å². The summed E-state index contributed by atoms with van der Waals surface area (Å²) in [5.41, 5.74) is 0. The van der Waals surface area contributed by atoms with Crippen LogP contribution in [0.3, 0.4) is 0 Å². The smallest absolute Gasteiger partial charge is 0.167 e. The molecule has 2 fully saturated rings. The van der Waals surface area contributed by atoms with Crippen LogP contribution in [-0.4, -0.2) is 32.9 Å². The van der Waals surface area contributed by atoms with Crippen LogP contribution in [0.5, 0.6) is 0 Å². The SMILES string of the molecule is O=S1(=O)CCCCC2CCS(=O)(=O)C21. The quantitative estimate of drug-likeness (QED) is 0.610. The van der Waals surface area contributed by atoms with E-state index in [0.717, 1.165) is 12.8 Å². The minimum Gasteiger partial charge on any atom is -0.227 e. The van der Waals surface area contributed by atoms with Crippen LogP contribution in [0.1, 0.15) is 25.7 Å². The molecular weight excluding hydrogens is 224 g/mol. The molecule has 2 aliphatic heterocycles. The average Bonchev–Trinajstić information content (AvgIpc) is 2.25. The van der Waals surface area contributed by atoms with Gasteiger partial charge in [0.1, 0.15) is 0 Å². The van der Waals surface area contributed by atoms with Gasteiger partial charge in [0.05, 0.1) is 11.5 Å². The van der Waals surface area contributed by atoms with Gasteiger partial charge in [-0.15, -0.1) is 0 Å². The summed E-state index contributed by atoms with van der Waals surface area (Å²) in [6.45, 7) is 0. The maximum Gasteiger partial charge on any atom is 0.167 e. The Bertz CT molecular complexity index is 420. The van der Waals surface area contributed by atoms with Crippen LogP contribution in [0.4, 0.5) is 0 Å². The fraction of sp³-hybridized carbons (Fsp3) is 1.00. The van der Waals surface area contributed by atoms with Crippen molar-refractivity contribution in [3.05, 3.63) is 0 Å². The maximum atomic E-state index is 11.7. The highest BCUT2D eigenvalue weighted by Gasteiger charge is 2.48. The van der Waals surface area contributed by atoms with Gasteiger partial charge >= 0.3 is 0 Å². The summed E-state index contributed by atoms with van der Waals surface area (Å²) in [5.74, 6) is -0.0258. The third-order valence-corrected chi connectivity index (χ3v) is 8.73. The molecule has 82 valence electrons. The molecule has 2 saturated heterocycles. The Labute approximate surface area is 84.5 Å². The van der Waals surface area contributed by atoms with Gasteiger partial charge in [-0.3, -0.25) is 0 Å². The highest BCUT2D eigenvalue weighted by atomic mass is 32.3. The molecule has 0 radical (unpaired) electrons. The molecule has 0 amide bonds. The molecule has 0 N–H and O–H groups in total. The highest BCUT2D eigenvalue weighted by molar-refractivity contribution is 8.09. The molecule has 0 saturated carbocycles. The molecule has 2 heterocycles. The van der Waals surface area contributed by atoms with Crippen LogP contribution < -0.4 is 0 Å². The lowest BCUT2D eigenvalue weighted by atomic mass is 10.0. The second-order valence-electron chi connectivity index (χ2n) is 4.15. The van der Waals surface area contributed by atoms with Gasteiger partial charge in [-0.2, -0.15) is 0 Å². The number of fused-ring (bicyclic) bond motifs is 1. The molecule has 0 aromatic carbocycles. The molecule has 0 aromatic heterocycles. The zero-order valence-corrected chi connectivity index (χ0v) is 9.48. The number of hydrogen-bond acceptors (Lipinski definition) is 4. The van der Waals surface area contributed by atoms with Crippen LogP contribution in [-0.2, 0) is 19.7 Å². The molecule has 0 aliphatic carbocycles. The lowest BCUT2D eigenvalue weighted by Crippen LogP contribution is -2.32. The topological polar surface area (TPSA) is 68.3 Å². The second kappa shape index (κ2) is 3.20. The summed E-state index contributed by atoms with van der Waals surface area (Å²) in [4.78, 5) is 0. The molecule has 6 heteroatoms. The standard InChI is InChI=1S/C8H14O4S2/c9-13(10)5-2-1-3-7-4-6-14(11,12)8(7)13/h7-8H,1-6H2. The van der Waals surface area contributed by atoms with Crippen molar-refractivity contribution in [2.45, 2.75) is 30.3 Å². The first kappa shape index (κ1) is 10.4. The van der Waals surface area contributed by atoms with E-state index in [2.05, 4.69) is 0 Å². The molecule has 2 atom stereocenters. The fourth-order valence-electron chi connectivity index (χ4n) is 2.48. The Balaban J connectivity index is 2.48. The second-order valence-corrected chi connectivity index (χ2v) is 8.93. The van der Waals surface area contributed by atoms with E-state index in [1.54, 1.807) is 0 Å². The van der Waals surface area contributed by atoms with Crippen molar-refractivity contribution in [1.29, 1.82) is 0 Å². The summed E-state index contributed by atoms with van der Waals surface area (Å²) in [6, 6.07) is 0. The Morgan fingerprint density at radius 1 is 0.786 bits per heavy atom. The maximum absolute atomic E-state index is 11.7. The molecule has 0 spiro atoms. The third-order valence-electron chi connectivity index (χ3n) is 3.12. The Kier molecular flexibility index (Phi) is 2.38. The lowest BCUT2D eigenvalue weighted by molar-refractivity contribution is 0.500. The molecule has 4 nitrogen and oxygen atoms in total. The summed E-state index contributed by atoms with van der Waals surface area (Å²) in [5, 5.41) is 0. The van der Waals surface area contributed by atoms with Gasteiger partial charge in [0.25, 0.3) is 0 Å². The van der Waals surface area contributed by atoms with E-state index < -0.39 is 24.3 Å². The van der Waals surface area contributed by atoms with Crippen molar-refractivity contribution < 1.29 is 16.8 Å². The van der Waals surface area contributed by atoms with E-state index in [0.29, 0.717) is 12.8 Å². The number of hydrogen-bond donors (Lipinski definition) is 0. The van der Waals surface area contributed by atoms with Gasteiger partial charge in [0, 0.05) is 0 Å². The monoisotopic (exact) mass is 238 g/mol. The Hall–Kier alpha value is -0.100. The number of rotatable bonds is 0. The zero-order chi connectivity index (χ0) is 10.4. The first-order valence-corrected chi connectivity index (χ1v) is 8.30. The van der Waals surface area contributed by atoms with Gasteiger partial charge < -0.3 is 0 Å². The van der Waals surface area contributed by atoms with E-state index in [1.165, 1.54) is 0 Å². The van der Waals surface area contributed by atoms with E-state index in [4.69, 9.17) is 0 Å². The summed E-state index contributed by atoms with van der Waals surface area (Å²) in [6.07, 6.45) is 2.75. The Morgan fingerprint density at radius 3 is 2.14 bits per heavy atom. The number of sulfone groups is 2. The molecule has 0 aromatic rings. The largest absolute Gasteiger partial charge is 0.227 e. The van der Waals surface area contributed by atoms with Crippen LogP contribution in [0, 0.1) is 5.92 Å². The van der Waals surface area contributed by atoms with Crippen LogP contribution in [0.25, 0.3) is 0 Å². The van der Waals surface area contributed by atoms with E-state index in [9.17, 15) is 16.8 Å². The lowest BCUT2D eigenvalue weighted by Gasteiger charge is -2.14. The first-order valence-electron chi connectivity index (χ1n) is 4.87. The van der Waals surface area contributed by atoms with Crippen LogP contribution in [0.15, 0.2) is 0 Å². The molecule has 2 rings (SSSR count). The predicted molar refractivity (Wildman–Crippen MR) is 53.3 cm³/mol. The van der Waals surface area contributed by atoms with Crippen LogP contribution >= 0.6 is 0 Å². The summed E-state index contributed by atoms with van der Waals surface area (Å²) < 4.78 is 45.5. The van der Waals surface area contributed by atoms with Gasteiger partial charge in [-0.25, -0.2) is 16.8 Å². The Morgan fingerprint density at radius 2 is 1.43 bits per heavy atom.